The molecule has 107 valence electrons. The van der Waals surface area contributed by atoms with Gasteiger partial charge in [0.25, 0.3) is 0 Å². The van der Waals surface area contributed by atoms with E-state index in [0.29, 0.717) is 0 Å². The summed E-state index contributed by atoms with van der Waals surface area (Å²) < 4.78 is 0. The van der Waals surface area contributed by atoms with Gasteiger partial charge in [-0.3, -0.25) is 4.98 Å². The lowest BCUT2D eigenvalue weighted by Gasteiger charge is -2.39. The Morgan fingerprint density at radius 1 is 0.963 bits per heavy atom. The smallest absolute Gasteiger partial charge is 0.150 e. The molecule has 0 spiro atoms. The van der Waals surface area contributed by atoms with Crippen molar-refractivity contribution in [1.29, 1.82) is 0 Å². The lowest BCUT2D eigenvalue weighted by atomic mass is 8.58. The van der Waals surface area contributed by atoms with Gasteiger partial charge in [-0.1, -0.05) is 19.1 Å². The second-order valence-electron chi connectivity index (χ2n) is 8.19. The van der Waals surface area contributed by atoms with Crippen LogP contribution in [0.25, 0.3) is 0 Å². The van der Waals surface area contributed by atoms with Crippen molar-refractivity contribution in [3.63, 3.8) is 0 Å². The van der Waals surface area contributed by atoms with Gasteiger partial charge in [-0.15, -0.1) is 0 Å². The number of hydrogen-bond acceptors (Lipinski definition) is 1. The van der Waals surface area contributed by atoms with Gasteiger partial charge in [-0.2, -0.15) is 0 Å². The molecule has 0 bridgehead atoms. The van der Waals surface area contributed by atoms with Crippen LogP contribution in [0.4, 0.5) is 0 Å². The molecule has 2 aliphatic heterocycles. The fourth-order valence-corrected chi connectivity index (χ4v) is 5.05. The Morgan fingerprint density at radius 2 is 1.63 bits per heavy atom. The van der Waals surface area contributed by atoms with Crippen LogP contribution in [0.15, 0.2) is 0 Å². The highest BCUT2D eigenvalue weighted by molar-refractivity contribution is 7.95. The fourth-order valence-electron chi connectivity index (χ4n) is 5.05. The number of nitrogens with zero attached hydrogens (tertiary/aromatic N) is 1. The summed E-state index contributed by atoms with van der Waals surface area (Å²) in [4.78, 5) is 5.11. The Bertz CT molecular complexity index is 682. The maximum atomic E-state index is 6.40. The molecule has 0 atom stereocenters. The maximum absolute atomic E-state index is 6.40. The Balaban J connectivity index is 2.14. The van der Waals surface area contributed by atoms with E-state index in [1.807, 2.05) is 0 Å². The third-order valence-electron chi connectivity index (χ3n) is 6.60. The highest BCUT2D eigenvalue weighted by Gasteiger charge is 2.44. The largest absolute Gasteiger partial charge is 0.280 e. The summed E-state index contributed by atoms with van der Waals surface area (Å²) in [5.74, 6) is 0. The molecular weight excluding hydrogens is 308 g/mol. The lowest BCUT2D eigenvalue weighted by molar-refractivity contribution is 0.880. The molecule has 3 heterocycles. The molecule has 0 unspecified atom stereocenters. The van der Waals surface area contributed by atoms with Crippen LogP contribution in [0.1, 0.15) is 23.1 Å². The Morgan fingerprint density at radius 3 is 2.22 bits per heavy atom. The minimum absolute atomic E-state index is 0.0193. The van der Waals surface area contributed by atoms with Crippen LogP contribution in [-0.4, -0.2) is 111 Å². The molecule has 1 aromatic heterocycles. The zero-order chi connectivity index (χ0) is 19.9. The summed E-state index contributed by atoms with van der Waals surface area (Å²) in [6.07, 6.45) is 3.00. The van der Waals surface area contributed by atoms with Crippen molar-refractivity contribution in [3.05, 3.63) is 16.7 Å². The number of fused-ring (bicyclic) bond motifs is 2. The van der Waals surface area contributed by atoms with Gasteiger partial charge in [0.05, 0.1) is 6.49 Å². The molecule has 27 heavy (non-hydrogen) atoms. The number of hydrogen-bond donors (Lipinski definition) is 0. The first-order valence-electron chi connectivity index (χ1n) is 9.88. The normalized spacial score (nSPS) is 15.7. The highest BCUT2D eigenvalue weighted by Crippen LogP contribution is 2.24. The van der Waals surface area contributed by atoms with Gasteiger partial charge in [0.1, 0.15) is 6.49 Å². The van der Waals surface area contributed by atoms with E-state index in [9.17, 15) is 0 Å². The van der Waals surface area contributed by atoms with Crippen molar-refractivity contribution in [2.45, 2.75) is 38.8 Å². The molecule has 0 amide bonds. The van der Waals surface area contributed by atoms with Crippen LogP contribution >= 0.6 is 0 Å². The predicted octanol–water partition coefficient (Wildman–Crippen LogP) is -4.56. The maximum Gasteiger partial charge on any atom is 0.150 e. The summed E-state index contributed by atoms with van der Waals surface area (Å²) in [5, 5.41) is 0. The van der Waals surface area contributed by atoms with Crippen molar-refractivity contribution in [2.75, 3.05) is 0 Å². The molecule has 0 N–H and O–H groups in total. The fraction of sp³-hybridized carbons (Fsp3) is 0.545. The second-order valence-corrected chi connectivity index (χ2v) is 8.19. The van der Waals surface area contributed by atoms with Crippen molar-refractivity contribution in [1.82, 2.24) is 4.98 Å². The van der Waals surface area contributed by atoms with Gasteiger partial charge in [0.2, 0.25) is 0 Å². The Kier molecular flexibility index (Phi) is 7.17. The monoisotopic (exact) mass is 324 g/mol. The third kappa shape index (κ3) is 4.07. The van der Waals surface area contributed by atoms with Crippen LogP contribution in [0, 0.1) is 6.92 Å². The predicted molar refractivity (Wildman–Crippen MR) is 136 cm³/mol. The first-order valence-corrected chi connectivity index (χ1v) is 9.88. The minimum Gasteiger partial charge on any atom is -0.280 e. The van der Waals surface area contributed by atoms with Crippen molar-refractivity contribution in [3.8, 4) is 0 Å². The summed E-state index contributed by atoms with van der Waals surface area (Å²) >= 11 is 0. The molecule has 2 aliphatic rings. The van der Waals surface area contributed by atoms with Gasteiger partial charge in [0.15, 0.2) is 6.60 Å². The molecule has 0 aromatic carbocycles. The number of rotatable bonds is 5. The molecule has 0 saturated heterocycles. The van der Waals surface area contributed by atoms with E-state index in [2.05, 4.69) is 6.92 Å². The average molecular weight is 321 g/mol. The van der Waals surface area contributed by atoms with Crippen molar-refractivity contribution >= 4 is 118 Å². The molecular formula is C11H13B15N. The minimum atomic E-state index is -0.618. The molecule has 0 aliphatic carbocycles. The van der Waals surface area contributed by atoms with Crippen molar-refractivity contribution < 1.29 is 0 Å². The van der Waals surface area contributed by atoms with Crippen LogP contribution in [0.2, 0.25) is 12.6 Å². The topological polar surface area (TPSA) is 12.9 Å². The molecule has 1 aromatic rings. The molecule has 16 heteroatoms. The summed E-state index contributed by atoms with van der Waals surface area (Å²) in [7, 11) is 44.1. The van der Waals surface area contributed by atoms with E-state index in [4.69, 9.17) is 59.1 Å². The van der Waals surface area contributed by atoms with Gasteiger partial charge >= 0.3 is 0 Å². The SMILES string of the molecule is [B][B]B([B])B1B(B([B])B([B])[B])CCc2c1nc1c(c2C)CCCB1B([B])[B]. The van der Waals surface area contributed by atoms with Crippen LogP contribution < -0.4 is 11.2 Å². The van der Waals surface area contributed by atoms with Gasteiger partial charge < -0.3 is 0 Å². The van der Waals surface area contributed by atoms with E-state index < -0.39 is 12.8 Å². The van der Waals surface area contributed by atoms with Gasteiger partial charge in [-0.25, -0.2) is 0 Å². The second kappa shape index (κ2) is 8.87. The standard InChI is InChI=1S/C11H13B15N/c1-7-8-3-2-5-20(23(13)14)10(8)27-11-9(7)4-6-21(26(18)24(15)16)22(11)25(17)19-12/h2-6H2,1H3. The molecule has 15 radical (unpaired) electrons. The Labute approximate surface area is 177 Å². The molecule has 3 rings (SSSR count). The summed E-state index contributed by atoms with van der Waals surface area (Å²) in [6.45, 7) is 2.13. The molecule has 0 saturated carbocycles. The van der Waals surface area contributed by atoms with Crippen LogP contribution in [0.3, 0.4) is 0 Å². The number of pyridine rings is 1. The highest BCUT2D eigenvalue weighted by atomic mass is 14.7. The summed E-state index contributed by atoms with van der Waals surface area (Å²) in [5.41, 5.74) is 5.84. The zero-order valence-electron chi connectivity index (χ0n) is 16.1. The third-order valence-corrected chi connectivity index (χ3v) is 6.60. The quantitative estimate of drug-likeness (QED) is 0.498. The van der Waals surface area contributed by atoms with E-state index in [1.165, 1.54) is 23.8 Å². The van der Waals surface area contributed by atoms with E-state index in [0.717, 1.165) is 43.1 Å². The molecule has 0 fully saturated rings. The van der Waals surface area contributed by atoms with Gasteiger partial charge in [-0.05, 0) is 47.6 Å². The lowest BCUT2D eigenvalue weighted by Crippen LogP contribution is -2.72. The number of aromatic nitrogens is 1. The van der Waals surface area contributed by atoms with E-state index in [-0.39, 0.29) is 32.4 Å². The van der Waals surface area contributed by atoms with E-state index in [1.54, 1.807) is 0 Å². The Hall–Kier alpha value is 0.124. The van der Waals surface area contributed by atoms with Crippen molar-refractivity contribution in [2.24, 2.45) is 0 Å². The van der Waals surface area contributed by atoms with E-state index >= 15 is 0 Å². The average Bonchev–Trinajstić information content (AvgIpc) is 2.65. The zero-order valence-corrected chi connectivity index (χ0v) is 16.1. The van der Waals surface area contributed by atoms with Gasteiger partial charge in [0, 0.05) is 86.8 Å². The molecule has 1 nitrogen and oxygen atoms in total. The summed E-state index contributed by atoms with van der Waals surface area (Å²) in [6, 6.07) is 0. The first kappa shape index (κ1) is 21.8. The van der Waals surface area contributed by atoms with Crippen LogP contribution in [-0.2, 0) is 12.8 Å². The first-order chi connectivity index (χ1) is 12.8. The van der Waals surface area contributed by atoms with Crippen LogP contribution in [0.5, 0.6) is 0 Å².